The Morgan fingerprint density at radius 1 is 1.06 bits per heavy atom. The molecule has 2 aromatic rings. The number of hydrogen-bond acceptors (Lipinski definition) is 5. The van der Waals surface area contributed by atoms with Crippen molar-refractivity contribution in [1.29, 1.82) is 0 Å². The van der Waals surface area contributed by atoms with Gasteiger partial charge in [-0.25, -0.2) is 13.8 Å². The fourth-order valence-corrected chi connectivity index (χ4v) is 5.46. The molecule has 0 saturated carbocycles. The van der Waals surface area contributed by atoms with Crippen molar-refractivity contribution in [1.82, 2.24) is 19.8 Å². The van der Waals surface area contributed by atoms with Crippen molar-refractivity contribution in [3.8, 4) is 0 Å². The third-order valence-electron chi connectivity index (χ3n) is 6.98. The molecule has 0 aliphatic carbocycles. The lowest BCUT2D eigenvalue weighted by Crippen LogP contribution is -2.43. The predicted octanol–water partition coefficient (Wildman–Crippen LogP) is 4.06. The summed E-state index contributed by atoms with van der Waals surface area (Å²) in [7, 11) is 0. The number of fused-ring (bicyclic) bond motifs is 1. The van der Waals surface area contributed by atoms with Gasteiger partial charge >= 0.3 is 0 Å². The van der Waals surface area contributed by atoms with Crippen LogP contribution in [0.5, 0.6) is 0 Å². The number of carbonyl (C=O) groups excluding carboxylic acids is 1. The predicted molar refractivity (Wildman–Crippen MR) is 123 cm³/mol. The van der Waals surface area contributed by atoms with E-state index < -0.39 is 11.6 Å². The summed E-state index contributed by atoms with van der Waals surface area (Å²) >= 11 is 6.06. The fraction of sp³-hybridized carbons (Fsp3) is 0.542. The van der Waals surface area contributed by atoms with Gasteiger partial charge in [0.1, 0.15) is 17.3 Å². The molecule has 0 N–H and O–H groups in total. The Morgan fingerprint density at radius 3 is 2.67 bits per heavy atom. The van der Waals surface area contributed by atoms with E-state index in [2.05, 4.69) is 14.9 Å². The maximum absolute atomic E-state index is 14.4. The minimum atomic E-state index is -0.654. The van der Waals surface area contributed by atoms with Crippen LogP contribution in [0.1, 0.15) is 53.8 Å². The quantitative estimate of drug-likeness (QED) is 0.610. The van der Waals surface area contributed by atoms with E-state index in [0.29, 0.717) is 18.1 Å². The molecule has 0 radical (unpaired) electrons. The van der Waals surface area contributed by atoms with Crippen LogP contribution in [0.4, 0.5) is 14.6 Å². The number of nitrogens with zero attached hydrogens (tertiary/aromatic N) is 5. The van der Waals surface area contributed by atoms with Gasteiger partial charge in [-0.3, -0.25) is 9.78 Å². The van der Waals surface area contributed by atoms with Crippen molar-refractivity contribution < 1.29 is 13.6 Å². The van der Waals surface area contributed by atoms with Crippen LogP contribution in [0.15, 0.2) is 18.3 Å². The fourth-order valence-electron chi connectivity index (χ4n) is 5.24. The number of aryl methyl sites for hydroxylation is 1. The molecule has 3 aliphatic rings. The van der Waals surface area contributed by atoms with E-state index in [-0.39, 0.29) is 29.1 Å². The maximum Gasteiger partial charge on any atom is 0.274 e. The van der Waals surface area contributed by atoms with Crippen LogP contribution in [0.2, 0.25) is 5.02 Å². The summed E-state index contributed by atoms with van der Waals surface area (Å²) < 4.78 is 28.3. The van der Waals surface area contributed by atoms with Crippen LogP contribution >= 0.6 is 11.6 Å². The molecule has 0 spiro atoms. The van der Waals surface area contributed by atoms with E-state index in [0.717, 1.165) is 69.7 Å². The van der Waals surface area contributed by atoms with Crippen LogP contribution in [-0.4, -0.2) is 64.4 Å². The smallest absolute Gasteiger partial charge is 0.274 e. The van der Waals surface area contributed by atoms with E-state index in [4.69, 9.17) is 11.6 Å². The summed E-state index contributed by atoms with van der Waals surface area (Å²) in [5, 5.41) is -0.218. The molecule has 1 aromatic heterocycles. The number of amides is 1. The SMILES string of the molecule is O=C(c1cnc2c(n1)N(Cc1c(F)ccc(F)c1Cl)CCC2)N1CCC[C@H]1CN1CCCC1. The number of aromatic nitrogens is 2. The third kappa shape index (κ3) is 4.55. The summed E-state index contributed by atoms with van der Waals surface area (Å²) in [6.45, 7) is 4.52. The maximum atomic E-state index is 14.4. The molecule has 9 heteroatoms. The molecule has 6 nitrogen and oxygen atoms in total. The van der Waals surface area contributed by atoms with Gasteiger partial charge in [0.25, 0.3) is 5.91 Å². The zero-order chi connectivity index (χ0) is 22.9. The van der Waals surface area contributed by atoms with E-state index in [1.54, 1.807) is 6.20 Å². The average molecular weight is 476 g/mol. The van der Waals surface area contributed by atoms with Crippen LogP contribution in [0.25, 0.3) is 0 Å². The van der Waals surface area contributed by atoms with Crippen LogP contribution in [-0.2, 0) is 13.0 Å². The summed E-state index contributed by atoms with van der Waals surface area (Å²) in [5.74, 6) is -0.761. The molecule has 1 atom stereocenters. The molecule has 3 aliphatic heterocycles. The highest BCUT2D eigenvalue weighted by Gasteiger charge is 2.33. The first kappa shape index (κ1) is 22.5. The molecular formula is C24H28ClF2N5O. The van der Waals surface area contributed by atoms with E-state index >= 15 is 0 Å². The van der Waals surface area contributed by atoms with Crippen molar-refractivity contribution in [2.75, 3.05) is 37.6 Å². The van der Waals surface area contributed by atoms with Crippen molar-refractivity contribution in [2.24, 2.45) is 0 Å². The van der Waals surface area contributed by atoms with Gasteiger partial charge in [-0.15, -0.1) is 0 Å². The number of likely N-dealkylation sites (tertiary alicyclic amines) is 2. The van der Waals surface area contributed by atoms with Gasteiger partial charge in [0.2, 0.25) is 0 Å². The summed E-state index contributed by atoms with van der Waals surface area (Å²) in [5.41, 5.74) is 1.16. The number of anilines is 1. The highest BCUT2D eigenvalue weighted by molar-refractivity contribution is 6.31. The first-order valence-corrected chi connectivity index (χ1v) is 12.2. The van der Waals surface area contributed by atoms with Crippen molar-refractivity contribution in [3.05, 3.63) is 51.9 Å². The van der Waals surface area contributed by atoms with Crippen molar-refractivity contribution >= 4 is 23.3 Å². The van der Waals surface area contributed by atoms with Gasteiger partial charge in [0.05, 0.1) is 16.9 Å². The molecule has 4 heterocycles. The van der Waals surface area contributed by atoms with Crippen LogP contribution in [0, 0.1) is 11.6 Å². The minimum Gasteiger partial charge on any atom is -0.351 e. The van der Waals surface area contributed by atoms with Gasteiger partial charge < -0.3 is 14.7 Å². The highest BCUT2D eigenvalue weighted by Crippen LogP contribution is 2.30. The molecule has 1 aromatic carbocycles. The van der Waals surface area contributed by atoms with Crippen molar-refractivity contribution in [2.45, 2.75) is 51.1 Å². The molecule has 2 fully saturated rings. The highest BCUT2D eigenvalue weighted by atomic mass is 35.5. The zero-order valence-corrected chi connectivity index (χ0v) is 19.3. The van der Waals surface area contributed by atoms with Crippen LogP contribution < -0.4 is 4.90 Å². The molecule has 0 unspecified atom stereocenters. The van der Waals surface area contributed by atoms with E-state index in [1.807, 2.05) is 9.80 Å². The second-order valence-corrected chi connectivity index (χ2v) is 9.55. The molecule has 1 amide bonds. The number of benzene rings is 1. The van der Waals surface area contributed by atoms with Crippen LogP contribution in [0.3, 0.4) is 0 Å². The Bertz CT molecular complexity index is 1050. The number of hydrogen-bond donors (Lipinski definition) is 0. The lowest BCUT2D eigenvalue weighted by Gasteiger charge is -2.31. The normalized spacial score (nSPS) is 21.0. The number of halogens is 3. The van der Waals surface area contributed by atoms with Gasteiger partial charge in [0.15, 0.2) is 5.82 Å². The Hall–Kier alpha value is -2.32. The van der Waals surface area contributed by atoms with Crippen molar-refractivity contribution in [3.63, 3.8) is 0 Å². The van der Waals surface area contributed by atoms with Gasteiger partial charge in [-0.2, -0.15) is 0 Å². The molecular weight excluding hydrogens is 448 g/mol. The average Bonchev–Trinajstić information content (AvgIpc) is 3.51. The van der Waals surface area contributed by atoms with Gasteiger partial charge in [0, 0.05) is 37.8 Å². The van der Waals surface area contributed by atoms with E-state index in [1.165, 1.54) is 12.8 Å². The minimum absolute atomic E-state index is 0.0725. The van der Waals surface area contributed by atoms with Gasteiger partial charge in [-0.1, -0.05) is 11.6 Å². The van der Waals surface area contributed by atoms with E-state index in [9.17, 15) is 13.6 Å². The number of carbonyl (C=O) groups is 1. The second-order valence-electron chi connectivity index (χ2n) is 9.17. The number of rotatable bonds is 5. The molecule has 33 heavy (non-hydrogen) atoms. The topological polar surface area (TPSA) is 52.6 Å². The second kappa shape index (κ2) is 9.50. The first-order chi connectivity index (χ1) is 16.0. The Labute approximate surface area is 197 Å². The third-order valence-corrected chi connectivity index (χ3v) is 7.39. The molecule has 176 valence electrons. The largest absolute Gasteiger partial charge is 0.351 e. The molecule has 2 saturated heterocycles. The monoisotopic (exact) mass is 475 g/mol. The summed E-state index contributed by atoms with van der Waals surface area (Å²) in [4.78, 5) is 28.8. The Balaban J connectivity index is 1.38. The zero-order valence-electron chi connectivity index (χ0n) is 18.6. The summed E-state index contributed by atoms with van der Waals surface area (Å²) in [6.07, 6.45) is 7.55. The Morgan fingerprint density at radius 2 is 1.85 bits per heavy atom. The Kier molecular flexibility index (Phi) is 6.47. The molecule has 5 rings (SSSR count). The lowest BCUT2D eigenvalue weighted by molar-refractivity contribution is 0.0702. The summed E-state index contributed by atoms with van der Waals surface area (Å²) in [6, 6.07) is 2.31. The standard InChI is InChI=1S/C24H28ClF2N5O/c25-22-17(18(26)7-8-19(22)27)15-31-11-4-6-20-23(31)29-21(13-28-20)24(33)32-12-3-5-16(32)14-30-9-1-2-10-30/h7-8,13,16H,1-6,9-12,14-15H2/t16-/m0/s1. The first-order valence-electron chi connectivity index (χ1n) is 11.8. The molecule has 0 bridgehead atoms. The van der Waals surface area contributed by atoms with Gasteiger partial charge in [-0.05, 0) is 63.7 Å². The lowest BCUT2D eigenvalue weighted by atomic mass is 10.1.